The van der Waals surface area contributed by atoms with Gasteiger partial charge in [0, 0.05) is 30.8 Å². The number of β-amino-alcohol motifs (C(OH)–C–C–N with tert-alkyl or cyclic N) is 1. The molecule has 6 nitrogen and oxygen atoms in total. The van der Waals surface area contributed by atoms with Gasteiger partial charge in [-0.1, -0.05) is 42.5 Å². The summed E-state index contributed by atoms with van der Waals surface area (Å²) in [6, 6.07) is 16.1. The lowest BCUT2D eigenvalue weighted by molar-refractivity contribution is -0.376. The zero-order chi connectivity index (χ0) is 29.7. The third-order valence-electron chi connectivity index (χ3n) is 7.33. The van der Waals surface area contributed by atoms with Crippen molar-refractivity contribution in [3.63, 3.8) is 0 Å². The molecule has 0 bridgehead atoms. The molecule has 3 aromatic carbocycles. The highest BCUT2D eigenvalue weighted by molar-refractivity contribution is 5.82. The van der Waals surface area contributed by atoms with Crippen LogP contribution in [0.15, 0.2) is 71.5 Å². The van der Waals surface area contributed by atoms with Crippen molar-refractivity contribution in [2.75, 3.05) is 18.0 Å². The average Bonchev–Trinajstić information content (AvgIpc) is 3.34. The van der Waals surface area contributed by atoms with Gasteiger partial charge in [0.05, 0.1) is 22.7 Å². The maximum atomic E-state index is 14.0. The maximum absolute atomic E-state index is 14.0. The fourth-order valence-electron chi connectivity index (χ4n) is 5.16. The lowest BCUT2D eigenvalue weighted by Crippen LogP contribution is -2.54. The first-order valence-corrected chi connectivity index (χ1v) is 12.7. The van der Waals surface area contributed by atoms with E-state index in [-0.39, 0.29) is 28.9 Å². The van der Waals surface area contributed by atoms with Crippen LogP contribution in [0.1, 0.15) is 28.9 Å². The number of benzene rings is 3. The summed E-state index contributed by atoms with van der Waals surface area (Å²) < 4.78 is 82.3. The van der Waals surface area contributed by atoms with Gasteiger partial charge in [-0.15, -0.1) is 0 Å². The molecule has 2 heterocycles. The van der Waals surface area contributed by atoms with E-state index in [4.69, 9.17) is 0 Å². The van der Waals surface area contributed by atoms with E-state index < -0.39 is 35.2 Å². The average molecular weight is 578 g/mol. The third-order valence-corrected chi connectivity index (χ3v) is 7.33. The van der Waals surface area contributed by atoms with Crippen LogP contribution in [0.25, 0.3) is 16.6 Å². The van der Waals surface area contributed by atoms with Gasteiger partial charge in [-0.05, 0) is 48.7 Å². The summed E-state index contributed by atoms with van der Waals surface area (Å²) in [4.78, 5) is 20.5. The second-order valence-corrected chi connectivity index (χ2v) is 10.1. The Kier molecular flexibility index (Phi) is 7.11. The fourth-order valence-corrected chi connectivity index (χ4v) is 5.16. The summed E-state index contributed by atoms with van der Waals surface area (Å²) in [7, 11) is 0. The molecular weight excluding hydrogens is 552 g/mol. The van der Waals surface area contributed by atoms with Gasteiger partial charge < -0.3 is 15.1 Å². The molecule has 1 atom stereocenters. The number of aromatic nitrogens is 2. The molecular formula is C29H25F6N3O3. The Balaban J connectivity index is 1.71. The van der Waals surface area contributed by atoms with Crippen LogP contribution in [0.2, 0.25) is 0 Å². The minimum atomic E-state index is -6.04. The summed E-state index contributed by atoms with van der Waals surface area (Å²) in [6.45, 7) is 2.21. The second kappa shape index (κ2) is 10.2. The molecule has 12 heteroatoms. The van der Waals surface area contributed by atoms with Crippen molar-refractivity contribution in [3.8, 4) is 5.69 Å². The summed E-state index contributed by atoms with van der Waals surface area (Å²) in [5.74, 6) is 0.218. The van der Waals surface area contributed by atoms with E-state index in [0.717, 1.165) is 11.6 Å². The van der Waals surface area contributed by atoms with Crippen LogP contribution in [0.3, 0.4) is 0 Å². The zero-order valence-corrected chi connectivity index (χ0v) is 21.7. The minimum Gasteiger partial charge on any atom is -0.391 e. The Labute approximate surface area is 230 Å². The first-order valence-electron chi connectivity index (χ1n) is 12.7. The van der Waals surface area contributed by atoms with E-state index in [1.807, 2.05) is 4.90 Å². The molecule has 1 saturated heterocycles. The third kappa shape index (κ3) is 5.06. The molecule has 4 aromatic rings. The predicted octanol–water partition coefficient (Wildman–Crippen LogP) is 5.17. The van der Waals surface area contributed by atoms with E-state index in [9.17, 15) is 41.4 Å². The quantitative estimate of drug-likeness (QED) is 0.320. The summed E-state index contributed by atoms with van der Waals surface area (Å²) in [5, 5.41) is 20.0. The Morgan fingerprint density at radius 1 is 0.951 bits per heavy atom. The Bertz CT molecular complexity index is 1640. The molecule has 41 heavy (non-hydrogen) atoms. The number of hydrogen-bond acceptors (Lipinski definition) is 5. The number of anilines is 1. The van der Waals surface area contributed by atoms with Gasteiger partial charge in [-0.25, -0.2) is 4.98 Å². The maximum Gasteiger partial charge on any atom is 0.430 e. The summed E-state index contributed by atoms with van der Waals surface area (Å²) >= 11 is 0. The van der Waals surface area contributed by atoms with Crippen molar-refractivity contribution in [2.24, 2.45) is 0 Å². The first kappa shape index (κ1) is 28.6. The smallest absolute Gasteiger partial charge is 0.391 e. The summed E-state index contributed by atoms with van der Waals surface area (Å²) in [5.41, 5.74) is -5.37. The molecule has 0 amide bonds. The van der Waals surface area contributed by atoms with Crippen molar-refractivity contribution >= 4 is 16.6 Å². The Hall–Kier alpha value is -3.90. The van der Waals surface area contributed by atoms with Crippen LogP contribution in [0, 0.1) is 6.92 Å². The molecule has 1 unspecified atom stereocenters. The van der Waals surface area contributed by atoms with Crippen LogP contribution in [-0.2, 0) is 12.0 Å². The van der Waals surface area contributed by atoms with Gasteiger partial charge in [0.1, 0.15) is 5.82 Å². The van der Waals surface area contributed by atoms with E-state index >= 15 is 0 Å². The SMILES string of the molecule is Cc1cc(C(O)(C(F)(F)F)C(F)(F)F)ccc1-n1c(Cc2ccccc2)nc2ccc(N3CCC(O)C3)cc2c1=O. The van der Waals surface area contributed by atoms with Crippen LogP contribution >= 0.6 is 0 Å². The van der Waals surface area contributed by atoms with Gasteiger partial charge in [0.2, 0.25) is 0 Å². The molecule has 1 aliphatic rings. The van der Waals surface area contributed by atoms with Crippen molar-refractivity contribution in [3.05, 3.63) is 99.6 Å². The number of aliphatic hydroxyl groups excluding tert-OH is 1. The van der Waals surface area contributed by atoms with E-state index in [1.54, 1.807) is 48.5 Å². The highest BCUT2D eigenvalue weighted by Gasteiger charge is 2.71. The van der Waals surface area contributed by atoms with Gasteiger partial charge in [-0.3, -0.25) is 9.36 Å². The second-order valence-electron chi connectivity index (χ2n) is 10.1. The number of rotatable bonds is 5. The van der Waals surface area contributed by atoms with Crippen molar-refractivity contribution in [1.82, 2.24) is 9.55 Å². The van der Waals surface area contributed by atoms with E-state index in [0.29, 0.717) is 42.8 Å². The number of halogens is 6. The summed E-state index contributed by atoms with van der Waals surface area (Å²) in [6.07, 6.45) is -11.9. The van der Waals surface area contributed by atoms with Gasteiger partial charge >= 0.3 is 12.4 Å². The van der Waals surface area contributed by atoms with E-state index in [2.05, 4.69) is 4.98 Å². The molecule has 1 aromatic heterocycles. The number of alkyl halides is 6. The lowest BCUT2D eigenvalue weighted by Gasteiger charge is -2.33. The molecule has 1 fully saturated rings. The highest BCUT2D eigenvalue weighted by atomic mass is 19.4. The van der Waals surface area contributed by atoms with Crippen LogP contribution in [0.4, 0.5) is 32.0 Å². The molecule has 0 aliphatic carbocycles. The topological polar surface area (TPSA) is 78.6 Å². The standard InChI is InChI=1S/C29H25F6N3O3/c1-17-13-19(27(41,28(30,31)32)29(33,34)35)7-10-24(17)38-25(14-18-5-3-2-4-6-18)36-23-9-8-20(15-22(23)26(38)40)37-12-11-21(39)16-37/h2-10,13,15,21,39,41H,11-12,14,16H2,1H3. The minimum absolute atomic E-state index is 0.0211. The van der Waals surface area contributed by atoms with Crippen LogP contribution in [-0.4, -0.2) is 51.3 Å². The monoisotopic (exact) mass is 577 g/mol. The van der Waals surface area contributed by atoms with E-state index in [1.165, 1.54) is 11.5 Å². The first-order chi connectivity index (χ1) is 19.2. The largest absolute Gasteiger partial charge is 0.430 e. The fraction of sp³-hybridized carbons (Fsp3) is 0.310. The molecule has 0 saturated carbocycles. The highest BCUT2D eigenvalue weighted by Crippen LogP contribution is 2.50. The molecule has 1 aliphatic heterocycles. The molecule has 2 N–H and O–H groups in total. The van der Waals surface area contributed by atoms with Crippen molar-refractivity contribution in [1.29, 1.82) is 0 Å². The van der Waals surface area contributed by atoms with Gasteiger partial charge in [0.15, 0.2) is 0 Å². The normalized spacial score (nSPS) is 16.5. The number of aryl methyl sites for hydroxylation is 1. The van der Waals surface area contributed by atoms with Crippen molar-refractivity contribution in [2.45, 2.75) is 43.8 Å². The number of nitrogens with zero attached hydrogens (tertiary/aromatic N) is 3. The number of fused-ring (bicyclic) bond motifs is 1. The number of hydrogen-bond donors (Lipinski definition) is 2. The Morgan fingerprint density at radius 3 is 2.22 bits per heavy atom. The zero-order valence-electron chi connectivity index (χ0n) is 21.7. The molecule has 216 valence electrons. The lowest BCUT2D eigenvalue weighted by atomic mass is 9.90. The van der Waals surface area contributed by atoms with Crippen LogP contribution in [0.5, 0.6) is 0 Å². The predicted molar refractivity (Wildman–Crippen MR) is 140 cm³/mol. The van der Waals surface area contributed by atoms with Crippen molar-refractivity contribution < 1.29 is 36.6 Å². The Morgan fingerprint density at radius 2 is 1.63 bits per heavy atom. The van der Waals surface area contributed by atoms with Gasteiger partial charge in [0.25, 0.3) is 11.2 Å². The van der Waals surface area contributed by atoms with Gasteiger partial charge in [-0.2, -0.15) is 26.3 Å². The molecule has 0 radical (unpaired) electrons. The van der Waals surface area contributed by atoms with Crippen LogP contribution < -0.4 is 10.5 Å². The number of aliphatic hydroxyl groups is 2. The molecule has 5 rings (SSSR count). The molecule has 0 spiro atoms.